The summed E-state index contributed by atoms with van der Waals surface area (Å²) in [6.07, 6.45) is 2.32. The number of ether oxygens (including phenoxy) is 4. The molecule has 2 atom stereocenters. The van der Waals surface area contributed by atoms with Gasteiger partial charge in [0, 0.05) is 24.9 Å². The molecule has 1 unspecified atom stereocenters. The second-order valence-electron chi connectivity index (χ2n) is 6.49. The number of pyridine rings is 1. The van der Waals surface area contributed by atoms with Gasteiger partial charge in [-0.15, -0.1) is 0 Å². The number of morpholine rings is 1. The molecule has 1 aromatic heterocycles. The largest absolute Gasteiger partial charge is 0.454 e. The van der Waals surface area contributed by atoms with E-state index in [0.29, 0.717) is 12.2 Å². The maximum absolute atomic E-state index is 13.3. The van der Waals surface area contributed by atoms with E-state index in [1.165, 1.54) is 18.3 Å². The van der Waals surface area contributed by atoms with E-state index in [1.807, 2.05) is 0 Å². The summed E-state index contributed by atoms with van der Waals surface area (Å²) in [6.45, 7) is 0.593. The molecule has 3 heterocycles. The highest BCUT2D eigenvalue weighted by Gasteiger charge is 2.50. The third-order valence-electron chi connectivity index (χ3n) is 4.42. The van der Waals surface area contributed by atoms with Crippen LogP contribution in [0.15, 0.2) is 48.7 Å². The number of aromatic nitrogens is 1. The maximum Gasteiger partial charge on any atom is 0.333 e. The van der Waals surface area contributed by atoms with E-state index in [1.54, 1.807) is 12.1 Å². The molecule has 156 valence electrons. The molecule has 0 saturated carbocycles. The second kappa shape index (κ2) is 8.39. The van der Waals surface area contributed by atoms with Gasteiger partial charge in [0.25, 0.3) is 5.79 Å². The summed E-state index contributed by atoms with van der Waals surface area (Å²) in [5, 5.41) is 3.05. The van der Waals surface area contributed by atoms with Crippen molar-refractivity contribution in [2.75, 3.05) is 13.2 Å². The molecule has 0 aliphatic carbocycles. The van der Waals surface area contributed by atoms with E-state index in [2.05, 4.69) is 10.3 Å². The molecule has 30 heavy (non-hydrogen) atoms. The summed E-state index contributed by atoms with van der Waals surface area (Å²) < 4.78 is 35.8. The van der Waals surface area contributed by atoms with Crippen LogP contribution in [0.5, 0.6) is 11.5 Å². The zero-order chi connectivity index (χ0) is 21.1. The van der Waals surface area contributed by atoms with Gasteiger partial charge in [0.1, 0.15) is 17.3 Å². The Hall–Kier alpha value is -3.01. The van der Waals surface area contributed by atoms with Gasteiger partial charge >= 0.3 is 11.9 Å². The van der Waals surface area contributed by atoms with Crippen molar-refractivity contribution in [3.05, 3.63) is 65.2 Å². The van der Waals surface area contributed by atoms with Crippen molar-refractivity contribution >= 4 is 23.5 Å². The number of rotatable bonds is 4. The van der Waals surface area contributed by atoms with Crippen LogP contribution in [0.25, 0.3) is 0 Å². The highest BCUT2D eigenvalue weighted by atomic mass is 35.5. The lowest BCUT2D eigenvalue weighted by molar-refractivity contribution is -0.292. The molecule has 4 rings (SSSR count). The van der Waals surface area contributed by atoms with Crippen LogP contribution in [0.2, 0.25) is 5.02 Å². The molecule has 2 aliphatic heterocycles. The standard InChI is InChI=1S/C20H16ClFN2O6/c21-13-10-12(22)3-4-15(13)28-16-2-1-7-23-14(16)11-20-19(24-8-9-27-20)29-17(25)5-6-18(26)30-20/h1-7,10,19,24H,8-9,11H2/b6-5+/t19?,20-/m0/s1. The summed E-state index contributed by atoms with van der Waals surface area (Å²) in [6, 6.07) is 6.98. The fourth-order valence-electron chi connectivity index (χ4n) is 3.09. The fourth-order valence-corrected chi connectivity index (χ4v) is 3.30. The minimum atomic E-state index is -1.66. The summed E-state index contributed by atoms with van der Waals surface area (Å²) >= 11 is 6.05. The van der Waals surface area contributed by atoms with Crippen molar-refractivity contribution in [2.45, 2.75) is 18.4 Å². The highest BCUT2D eigenvalue weighted by Crippen LogP contribution is 2.35. The van der Waals surface area contributed by atoms with Crippen molar-refractivity contribution in [3.63, 3.8) is 0 Å². The Labute approximate surface area is 175 Å². The van der Waals surface area contributed by atoms with Gasteiger partial charge in [0.05, 0.1) is 23.7 Å². The molecular formula is C20H16ClFN2O6. The van der Waals surface area contributed by atoms with Gasteiger partial charge in [-0.3, -0.25) is 10.3 Å². The molecule has 1 N–H and O–H groups in total. The molecule has 1 aromatic carbocycles. The van der Waals surface area contributed by atoms with Crippen LogP contribution in [0.4, 0.5) is 4.39 Å². The first kappa shape index (κ1) is 20.3. The van der Waals surface area contributed by atoms with Gasteiger partial charge in [-0.25, -0.2) is 14.0 Å². The Bertz CT molecular complexity index is 1020. The number of hydrogen-bond donors (Lipinski definition) is 1. The first-order valence-electron chi connectivity index (χ1n) is 9.01. The molecule has 2 aromatic rings. The fraction of sp³-hybridized carbons (Fsp3) is 0.250. The summed E-state index contributed by atoms with van der Waals surface area (Å²) in [4.78, 5) is 28.4. The van der Waals surface area contributed by atoms with Crippen LogP contribution in [0, 0.1) is 5.82 Å². The van der Waals surface area contributed by atoms with Crippen LogP contribution < -0.4 is 10.1 Å². The van der Waals surface area contributed by atoms with Gasteiger partial charge in [0.15, 0.2) is 0 Å². The zero-order valence-electron chi connectivity index (χ0n) is 15.5. The van der Waals surface area contributed by atoms with Crippen LogP contribution in [0.1, 0.15) is 5.69 Å². The Morgan fingerprint density at radius 2 is 2.07 bits per heavy atom. The average Bonchev–Trinajstić information content (AvgIpc) is 2.71. The van der Waals surface area contributed by atoms with Crippen LogP contribution in [0.3, 0.4) is 0 Å². The molecular weight excluding hydrogens is 419 g/mol. The van der Waals surface area contributed by atoms with E-state index in [9.17, 15) is 14.0 Å². The highest BCUT2D eigenvalue weighted by molar-refractivity contribution is 6.32. The Balaban J connectivity index is 1.67. The predicted molar refractivity (Wildman–Crippen MR) is 101 cm³/mol. The van der Waals surface area contributed by atoms with Gasteiger partial charge in [-0.05, 0) is 30.3 Å². The van der Waals surface area contributed by atoms with Crippen molar-refractivity contribution in [2.24, 2.45) is 0 Å². The first-order valence-corrected chi connectivity index (χ1v) is 9.39. The topological polar surface area (TPSA) is 96.0 Å². The van der Waals surface area contributed by atoms with E-state index < -0.39 is 29.8 Å². The molecule has 1 fully saturated rings. The van der Waals surface area contributed by atoms with E-state index in [-0.39, 0.29) is 29.5 Å². The van der Waals surface area contributed by atoms with Crippen molar-refractivity contribution in [1.82, 2.24) is 10.3 Å². The van der Waals surface area contributed by atoms with Gasteiger partial charge in [0.2, 0.25) is 6.23 Å². The number of nitrogens with one attached hydrogen (secondary N) is 1. The molecule has 10 heteroatoms. The van der Waals surface area contributed by atoms with Gasteiger partial charge in [-0.1, -0.05) is 11.6 Å². The first-order chi connectivity index (χ1) is 14.4. The minimum Gasteiger partial charge on any atom is -0.454 e. The maximum atomic E-state index is 13.3. The predicted octanol–water partition coefficient (Wildman–Crippen LogP) is 2.51. The number of halogens is 2. The summed E-state index contributed by atoms with van der Waals surface area (Å²) in [5.41, 5.74) is 0.347. The van der Waals surface area contributed by atoms with Crippen molar-refractivity contribution in [1.29, 1.82) is 0 Å². The number of benzene rings is 1. The lowest BCUT2D eigenvalue weighted by Crippen LogP contribution is -2.63. The number of hydrogen-bond acceptors (Lipinski definition) is 8. The summed E-state index contributed by atoms with van der Waals surface area (Å²) in [5.74, 6) is -3.13. The van der Waals surface area contributed by atoms with E-state index in [4.69, 9.17) is 30.5 Å². The molecule has 0 amide bonds. The molecule has 0 radical (unpaired) electrons. The monoisotopic (exact) mass is 434 g/mol. The number of fused-ring (bicyclic) bond motifs is 1. The Morgan fingerprint density at radius 3 is 2.90 bits per heavy atom. The quantitative estimate of drug-likeness (QED) is 0.733. The number of carbonyl (C=O) groups excluding carboxylic acids is 2. The minimum absolute atomic E-state index is 0.0767. The van der Waals surface area contributed by atoms with Gasteiger partial charge in [-0.2, -0.15) is 0 Å². The Morgan fingerprint density at radius 1 is 1.23 bits per heavy atom. The zero-order valence-corrected chi connectivity index (χ0v) is 16.2. The third kappa shape index (κ3) is 4.28. The van der Waals surface area contributed by atoms with Crippen molar-refractivity contribution < 1.29 is 32.9 Å². The van der Waals surface area contributed by atoms with Gasteiger partial charge < -0.3 is 18.9 Å². The number of esters is 2. The lowest BCUT2D eigenvalue weighted by Gasteiger charge is -2.42. The van der Waals surface area contributed by atoms with Crippen LogP contribution in [-0.2, 0) is 30.2 Å². The molecule has 8 nitrogen and oxygen atoms in total. The number of nitrogens with zero attached hydrogens (tertiary/aromatic N) is 1. The van der Waals surface area contributed by atoms with E-state index >= 15 is 0 Å². The molecule has 1 saturated heterocycles. The lowest BCUT2D eigenvalue weighted by atomic mass is 10.0. The van der Waals surface area contributed by atoms with E-state index in [0.717, 1.165) is 18.2 Å². The normalized spacial score (nSPS) is 24.7. The molecule has 0 bridgehead atoms. The number of carbonyl (C=O) groups is 2. The third-order valence-corrected chi connectivity index (χ3v) is 4.71. The molecule has 2 aliphatic rings. The van der Waals surface area contributed by atoms with Crippen LogP contribution in [-0.4, -0.2) is 42.1 Å². The summed E-state index contributed by atoms with van der Waals surface area (Å²) in [7, 11) is 0. The average molecular weight is 435 g/mol. The smallest absolute Gasteiger partial charge is 0.333 e. The SMILES string of the molecule is O=C1/C=C/C(=O)O[C@]2(Cc3ncccc3Oc3ccc(F)cc3Cl)OCCNC2O1. The second-order valence-corrected chi connectivity index (χ2v) is 6.89. The Kier molecular flexibility index (Phi) is 5.67. The molecule has 0 spiro atoms. The van der Waals surface area contributed by atoms with Crippen LogP contribution >= 0.6 is 11.6 Å². The van der Waals surface area contributed by atoms with Crippen molar-refractivity contribution in [3.8, 4) is 11.5 Å².